The second-order valence-electron chi connectivity index (χ2n) is 5.04. The SMILES string of the molecule is c1ccc2c(OCc3nnnn3C3CC3)cccc2c1. The van der Waals surface area contributed by atoms with Crippen molar-refractivity contribution >= 4 is 10.8 Å². The van der Waals surface area contributed by atoms with Crippen molar-refractivity contribution in [3.05, 3.63) is 48.3 Å². The zero-order chi connectivity index (χ0) is 13.4. The van der Waals surface area contributed by atoms with E-state index in [2.05, 4.69) is 33.7 Å². The lowest BCUT2D eigenvalue weighted by molar-refractivity contribution is 0.290. The molecule has 0 spiro atoms. The fourth-order valence-electron chi connectivity index (χ4n) is 2.37. The molecule has 0 amide bonds. The van der Waals surface area contributed by atoms with Gasteiger partial charge in [-0.15, -0.1) is 5.10 Å². The maximum atomic E-state index is 5.92. The summed E-state index contributed by atoms with van der Waals surface area (Å²) in [4.78, 5) is 0. The molecule has 1 heterocycles. The summed E-state index contributed by atoms with van der Waals surface area (Å²) in [6.45, 7) is 0.400. The Bertz CT molecular complexity index is 743. The molecule has 2 aromatic carbocycles. The van der Waals surface area contributed by atoms with Crippen molar-refractivity contribution in [2.24, 2.45) is 0 Å². The third-order valence-electron chi connectivity index (χ3n) is 3.56. The van der Waals surface area contributed by atoms with Crippen LogP contribution in [0.1, 0.15) is 24.7 Å². The highest BCUT2D eigenvalue weighted by atomic mass is 16.5. The first kappa shape index (κ1) is 11.4. The minimum absolute atomic E-state index is 0.400. The zero-order valence-electron chi connectivity index (χ0n) is 10.9. The van der Waals surface area contributed by atoms with Crippen molar-refractivity contribution in [2.75, 3.05) is 0 Å². The predicted octanol–water partition coefficient (Wildman–Crippen LogP) is 2.74. The Morgan fingerprint density at radius 2 is 1.95 bits per heavy atom. The van der Waals surface area contributed by atoms with Gasteiger partial charge in [0.05, 0.1) is 6.04 Å². The molecule has 4 rings (SSSR count). The average Bonchev–Trinajstić information content (AvgIpc) is 3.24. The van der Waals surface area contributed by atoms with Gasteiger partial charge in [0.25, 0.3) is 0 Å². The van der Waals surface area contributed by atoms with E-state index in [4.69, 9.17) is 4.74 Å². The molecule has 0 radical (unpaired) electrons. The van der Waals surface area contributed by atoms with Gasteiger partial charge in [-0.3, -0.25) is 0 Å². The summed E-state index contributed by atoms with van der Waals surface area (Å²) in [7, 11) is 0. The van der Waals surface area contributed by atoms with Crippen LogP contribution in [0.15, 0.2) is 42.5 Å². The Kier molecular flexibility index (Phi) is 2.62. The predicted molar refractivity (Wildman–Crippen MR) is 74.4 cm³/mol. The van der Waals surface area contributed by atoms with E-state index in [1.807, 2.05) is 28.9 Å². The monoisotopic (exact) mass is 266 g/mol. The molecule has 1 aliphatic carbocycles. The summed E-state index contributed by atoms with van der Waals surface area (Å²) in [5.74, 6) is 1.66. The van der Waals surface area contributed by atoms with Gasteiger partial charge in [0.1, 0.15) is 12.4 Å². The first-order chi connectivity index (χ1) is 9.92. The van der Waals surface area contributed by atoms with Gasteiger partial charge >= 0.3 is 0 Å². The third kappa shape index (κ3) is 2.01. The highest BCUT2D eigenvalue weighted by Crippen LogP contribution is 2.34. The standard InChI is InChI=1S/C15H14N4O/c1-2-6-13-11(4-1)5-3-7-14(13)20-10-15-16-17-18-19(15)12-8-9-12/h1-7,12H,8-10H2. The molecule has 100 valence electrons. The van der Waals surface area contributed by atoms with E-state index in [0.717, 1.165) is 29.8 Å². The Morgan fingerprint density at radius 1 is 1.10 bits per heavy atom. The van der Waals surface area contributed by atoms with Gasteiger partial charge in [0.15, 0.2) is 5.82 Å². The number of aromatic nitrogens is 4. The molecule has 5 nitrogen and oxygen atoms in total. The number of nitrogens with zero attached hydrogens (tertiary/aromatic N) is 4. The second kappa shape index (κ2) is 4.59. The van der Waals surface area contributed by atoms with Gasteiger partial charge in [-0.2, -0.15) is 0 Å². The minimum atomic E-state index is 0.400. The molecule has 0 bridgehead atoms. The molecule has 0 saturated heterocycles. The molecule has 0 N–H and O–H groups in total. The number of benzene rings is 2. The lowest BCUT2D eigenvalue weighted by Gasteiger charge is -2.09. The van der Waals surface area contributed by atoms with Crippen molar-refractivity contribution in [3.8, 4) is 5.75 Å². The van der Waals surface area contributed by atoms with Crippen molar-refractivity contribution < 1.29 is 4.74 Å². The van der Waals surface area contributed by atoms with Crippen LogP contribution >= 0.6 is 0 Å². The summed E-state index contributed by atoms with van der Waals surface area (Å²) in [5, 5.41) is 14.1. The number of fused-ring (bicyclic) bond motifs is 1. The van der Waals surface area contributed by atoms with Gasteiger partial charge in [-0.25, -0.2) is 4.68 Å². The lowest BCUT2D eigenvalue weighted by Crippen LogP contribution is -2.07. The summed E-state index contributed by atoms with van der Waals surface area (Å²) in [6.07, 6.45) is 2.32. The molecular weight excluding hydrogens is 252 g/mol. The summed E-state index contributed by atoms with van der Waals surface area (Å²) in [5.41, 5.74) is 0. The van der Waals surface area contributed by atoms with E-state index in [9.17, 15) is 0 Å². The van der Waals surface area contributed by atoms with E-state index >= 15 is 0 Å². The number of hydrogen-bond donors (Lipinski definition) is 0. The zero-order valence-corrected chi connectivity index (χ0v) is 10.9. The molecule has 3 aromatic rings. The van der Waals surface area contributed by atoms with Gasteiger partial charge in [-0.1, -0.05) is 36.4 Å². The molecule has 5 heteroatoms. The van der Waals surface area contributed by atoms with Gasteiger partial charge in [-0.05, 0) is 34.7 Å². The van der Waals surface area contributed by atoms with E-state index in [-0.39, 0.29) is 0 Å². The number of hydrogen-bond acceptors (Lipinski definition) is 4. The van der Waals surface area contributed by atoms with Crippen molar-refractivity contribution in [2.45, 2.75) is 25.5 Å². The molecule has 1 aromatic heterocycles. The summed E-state index contributed by atoms with van der Waals surface area (Å²) in [6, 6.07) is 14.7. The first-order valence-corrected chi connectivity index (χ1v) is 6.79. The Labute approximate surface area is 116 Å². The quantitative estimate of drug-likeness (QED) is 0.728. The molecule has 20 heavy (non-hydrogen) atoms. The molecular formula is C15H14N4O. The molecule has 0 aliphatic heterocycles. The Hall–Kier alpha value is -2.43. The fraction of sp³-hybridized carbons (Fsp3) is 0.267. The average molecular weight is 266 g/mol. The largest absolute Gasteiger partial charge is 0.485 e. The number of ether oxygens (including phenoxy) is 1. The van der Waals surface area contributed by atoms with Gasteiger partial charge < -0.3 is 4.74 Å². The van der Waals surface area contributed by atoms with Crippen LogP contribution in [0.3, 0.4) is 0 Å². The normalized spacial score (nSPS) is 14.6. The van der Waals surface area contributed by atoms with E-state index < -0.39 is 0 Å². The second-order valence-corrected chi connectivity index (χ2v) is 5.04. The van der Waals surface area contributed by atoms with Crippen LogP contribution in [0.4, 0.5) is 0 Å². The van der Waals surface area contributed by atoms with Gasteiger partial charge in [0.2, 0.25) is 0 Å². The molecule has 1 aliphatic rings. The van der Waals surface area contributed by atoms with Crippen molar-refractivity contribution in [3.63, 3.8) is 0 Å². The van der Waals surface area contributed by atoms with Crippen molar-refractivity contribution in [1.29, 1.82) is 0 Å². The minimum Gasteiger partial charge on any atom is -0.485 e. The van der Waals surface area contributed by atoms with Crippen LogP contribution in [0.5, 0.6) is 5.75 Å². The maximum Gasteiger partial charge on any atom is 0.189 e. The fourth-order valence-corrected chi connectivity index (χ4v) is 2.37. The highest BCUT2D eigenvalue weighted by Gasteiger charge is 2.27. The Balaban J connectivity index is 1.60. The van der Waals surface area contributed by atoms with E-state index in [1.54, 1.807) is 0 Å². The molecule has 0 unspecified atom stereocenters. The smallest absolute Gasteiger partial charge is 0.189 e. The number of rotatable bonds is 4. The molecule has 1 saturated carbocycles. The van der Waals surface area contributed by atoms with Crippen LogP contribution < -0.4 is 4.74 Å². The number of tetrazole rings is 1. The first-order valence-electron chi connectivity index (χ1n) is 6.79. The molecule has 0 atom stereocenters. The van der Waals surface area contributed by atoms with Gasteiger partial charge in [0, 0.05) is 5.39 Å². The van der Waals surface area contributed by atoms with Crippen molar-refractivity contribution in [1.82, 2.24) is 20.2 Å². The van der Waals surface area contributed by atoms with E-state index in [1.165, 1.54) is 5.39 Å². The topological polar surface area (TPSA) is 52.8 Å². The summed E-state index contributed by atoms with van der Waals surface area (Å²) >= 11 is 0. The third-order valence-corrected chi connectivity index (χ3v) is 3.56. The lowest BCUT2D eigenvalue weighted by atomic mass is 10.1. The van der Waals surface area contributed by atoms with Crippen LogP contribution in [0.2, 0.25) is 0 Å². The molecule has 1 fully saturated rings. The van der Waals surface area contributed by atoms with Crippen LogP contribution in [0.25, 0.3) is 10.8 Å². The van der Waals surface area contributed by atoms with E-state index in [0.29, 0.717) is 12.6 Å². The van der Waals surface area contributed by atoms with Crippen LogP contribution in [-0.4, -0.2) is 20.2 Å². The van der Waals surface area contributed by atoms with Crippen LogP contribution in [-0.2, 0) is 6.61 Å². The maximum absolute atomic E-state index is 5.92. The summed E-state index contributed by atoms with van der Waals surface area (Å²) < 4.78 is 7.80. The highest BCUT2D eigenvalue weighted by molar-refractivity contribution is 5.88. The van der Waals surface area contributed by atoms with Crippen LogP contribution in [0, 0.1) is 0 Å². The Morgan fingerprint density at radius 3 is 2.85 bits per heavy atom.